The number of nitrogens with zero attached hydrogens (tertiary/aromatic N) is 4. The Kier molecular flexibility index (Phi) is 4.13. The number of aryl methyl sites for hydroxylation is 1. The van der Waals surface area contributed by atoms with E-state index in [-0.39, 0.29) is 5.15 Å². The van der Waals surface area contributed by atoms with Gasteiger partial charge in [0.05, 0.1) is 5.69 Å². The lowest BCUT2D eigenvalue weighted by Gasteiger charge is -2.19. The summed E-state index contributed by atoms with van der Waals surface area (Å²) in [4.78, 5) is 19.7. The van der Waals surface area contributed by atoms with Gasteiger partial charge in [-0.05, 0) is 27.7 Å². The fourth-order valence-electron chi connectivity index (χ4n) is 1.61. The number of nitrogens with one attached hydrogen (secondary N) is 1. The zero-order chi connectivity index (χ0) is 15.6. The molecule has 0 bridgehead atoms. The Morgan fingerprint density at radius 3 is 2.67 bits per heavy atom. The lowest BCUT2D eigenvalue weighted by Crippen LogP contribution is -2.28. The van der Waals surface area contributed by atoms with Crippen LogP contribution in [-0.2, 0) is 4.74 Å². The van der Waals surface area contributed by atoms with Crippen LogP contribution in [0.4, 0.5) is 10.6 Å². The predicted octanol–water partition coefficient (Wildman–Crippen LogP) is 2.97. The summed E-state index contributed by atoms with van der Waals surface area (Å²) in [6, 6.07) is 3.26. The second-order valence-electron chi connectivity index (χ2n) is 5.41. The van der Waals surface area contributed by atoms with Gasteiger partial charge in [-0.15, -0.1) is 0 Å². The summed E-state index contributed by atoms with van der Waals surface area (Å²) in [6.07, 6.45) is 0.759. The average Bonchev–Trinajstić information content (AvgIpc) is 2.67. The Bertz CT molecular complexity index is 663. The highest BCUT2D eigenvalue weighted by Gasteiger charge is 2.18. The molecule has 0 aliphatic rings. The van der Waals surface area contributed by atoms with Crippen LogP contribution >= 0.6 is 11.6 Å². The van der Waals surface area contributed by atoms with E-state index in [1.54, 1.807) is 39.8 Å². The number of hydrogen-bond donors (Lipinski definition) is 1. The molecule has 0 aliphatic heterocycles. The van der Waals surface area contributed by atoms with Crippen molar-refractivity contribution in [3.8, 4) is 5.82 Å². The zero-order valence-electron chi connectivity index (χ0n) is 12.2. The van der Waals surface area contributed by atoms with Crippen molar-refractivity contribution in [3.05, 3.63) is 29.3 Å². The van der Waals surface area contributed by atoms with E-state index in [9.17, 15) is 4.79 Å². The van der Waals surface area contributed by atoms with Gasteiger partial charge >= 0.3 is 6.09 Å². The van der Waals surface area contributed by atoms with Crippen LogP contribution in [0.3, 0.4) is 0 Å². The number of aromatic nitrogens is 4. The number of ether oxygens (including phenoxy) is 1. The number of carbonyl (C=O) groups excluding carboxylic acids is 1. The fraction of sp³-hybridized carbons (Fsp3) is 0.385. The molecule has 1 N–H and O–H groups in total. The van der Waals surface area contributed by atoms with Crippen molar-refractivity contribution in [2.24, 2.45) is 0 Å². The van der Waals surface area contributed by atoms with Crippen molar-refractivity contribution in [1.82, 2.24) is 19.7 Å². The molecule has 112 valence electrons. The quantitative estimate of drug-likeness (QED) is 0.862. The van der Waals surface area contributed by atoms with Gasteiger partial charge in [0.2, 0.25) is 0 Å². The largest absolute Gasteiger partial charge is 0.444 e. The number of amides is 1. The van der Waals surface area contributed by atoms with Gasteiger partial charge in [0, 0.05) is 12.1 Å². The van der Waals surface area contributed by atoms with Crippen LogP contribution in [0.15, 0.2) is 18.5 Å². The van der Waals surface area contributed by atoms with Gasteiger partial charge in [-0.25, -0.2) is 14.8 Å². The molecule has 0 aliphatic carbocycles. The SMILES string of the molecule is Cc1cc(NC(=O)OC(C)(C)C)n(-c2cc(Cl)ncn2)n1. The predicted molar refractivity (Wildman–Crippen MR) is 78.8 cm³/mol. The molecule has 0 aromatic carbocycles. The molecule has 2 aromatic heterocycles. The van der Waals surface area contributed by atoms with E-state index < -0.39 is 11.7 Å². The van der Waals surface area contributed by atoms with Crippen molar-refractivity contribution in [3.63, 3.8) is 0 Å². The van der Waals surface area contributed by atoms with Crippen LogP contribution in [0.1, 0.15) is 26.5 Å². The smallest absolute Gasteiger partial charge is 0.413 e. The number of hydrogen-bond acceptors (Lipinski definition) is 5. The first-order valence-corrected chi connectivity index (χ1v) is 6.67. The highest BCUT2D eigenvalue weighted by atomic mass is 35.5. The lowest BCUT2D eigenvalue weighted by atomic mass is 10.2. The van der Waals surface area contributed by atoms with Crippen molar-refractivity contribution in [2.75, 3.05) is 5.32 Å². The fourth-order valence-corrected chi connectivity index (χ4v) is 1.75. The second kappa shape index (κ2) is 5.69. The van der Waals surface area contributed by atoms with E-state index in [1.807, 2.05) is 0 Å². The monoisotopic (exact) mass is 309 g/mol. The molecule has 0 saturated heterocycles. The van der Waals surface area contributed by atoms with Gasteiger partial charge in [-0.1, -0.05) is 11.6 Å². The van der Waals surface area contributed by atoms with Crippen molar-refractivity contribution in [2.45, 2.75) is 33.3 Å². The molecule has 0 radical (unpaired) electrons. The summed E-state index contributed by atoms with van der Waals surface area (Å²) in [5.41, 5.74) is 0.137. The molecule has 21 heavy (non-hydrogen) atoms. The molecule has 2 heterocycles. The van der Waals surface area contributed by atoms with Crippen LogP contribution < -0.4 is 5.32 Å². The second-order valence-corrected chi connectivity index (χ2v) is 5.80. The first-order valence-electron chi connectivity index (χ1n) is 6.29. The molecule has 0 spiro atoms. The highest BCUT2D eigenvalue weighted by Crippen LogP contribution is 2.18. The van der Waals surface area contributed by atoms with Gasteiger partial charge in [0.25, 0.3) is 0 Å². The number of halogens is 1. The molecule has 2 rings (SSSR count). The van der Waals surface area contributed by atoms with E-state index in [1.165, 1.54) is 11.0 Å². The van der Waals surface area contributed by atoms with Gasteiger partial charge in [0.15, 0.2) is 5.82 Å². The average molecular weight is 310 g/mol. The zero-order valence-corrected chi connectivity index (χ0v) is 13.0. The van der Waals surface area contributed by atoms with E-state index in [2.05, 4.69) is 20.4 Å². The Balaban J connectivity index is 2.27. The topological polar surface area (TPSA) is 81.9 Å². The molecule has 1 amide bonds. The first kappa shape index (κ1) is 15.2. The maximum absolute atomic E-state index is 11.9. The summed E-state index contributed by atoms with van der Waals surface area (Å²) in [5.74, 6) is 0.894. The molecule has 7 nitrogen and oxygen atoms in total. The maximum atomic E-state index is 11.9. The van der Waals surface area contributed by atoms with Crippen LogP contribution in [0.5, 0.6) is 0 Å². The van der Waals surface area contributed by atoms with Crippen LogP contribution in [0.25, 0.3) is 5.82 Å². The summed E-state index contributed by atoms with van der Waals surface area (Å²) < 4.78 is 6.68. The minimum absolute atomic E-state index is 0.288. The van der Waals surface area contributed by atoms with Crippen LogP contribution in [0.2, 0.25) is 5.15 Å². The first-order chi connectivity index (χ1) is 9.74. The Morgan fingerprint density at radius 1 is 1.33 bits per heavy atom. The van der Waals surface area contributed by atoms with Crippen LogP contribution in [-0.4, -0.2) is 31.4 Å². The Hall–Kier alpha value is -2.15. The number of anilines is 1. The van der Waals surface area contributed by atoms with Crippen molar-refractivity contribution < 1.29 is 9.53 Å². The minimum atomic E-state index is -0.581. The third-order valence-corrected chi connectivity index (χ3v) is 2.50. The normalized spacial score (nSPS) is 11.3. The maximum Gasteiger partial charge on any atom is 0.413 e. The third-order valence-electron chi connectivity index (χ3n) is 2.30. The number of carbonyl (C=O) groups is 1. The van der Waals surface area contributed by atoms with Crippen molar-refractivity contribution in [1.29, 1.82) is 0 Å². The lowest BCUT2D eigenvalue weighted by molar-refractivity contribution is 0.0635. The van der Waals surface area contributed by atoms with E-state index in [0.717, 1.165) is 5.69 Å². The summed E-state index contributed by atoms with van der Waals surface area (Å²) in [6.45, 7) is 7.18. The van der Waals surface area contributed by atoms with Gasteiger partial charge in [0.1, 0.15) is 22.9 Å². The molecular formula is C13H16ClN5O2. The third kappa shape index (κ3) is 4.16. The molecule has 0 atom stereocenters. The molecule has 0 fully saturated rings. The van der Waals surface area contributed by atoms with Gasteiger partial charge in [-0.2, -0.15) is 9.78 Å². The molecule has 8 heteroatoms. The van der Waals surface area contributed by atoms with E-state index in [4.69, 9.17) is 16.3 Å². The van der Waals surface area contributed by atoms with E-state index in [0.29, 0.717) is 11.6 Å². The summed E-state index contributed by atoms with van der Waals surface area (Å²) >= 11 is 5.84. The molecular weight excluding hydrogens is 294 g/mol. The summed E-state index contributed by atoms with van der Waals surface area (Å²) in [7, 11) is 0. The minimum Gasteiger partial charge on any atom is -0.444 e. The van der Waals surface area contributed by atoms with Gasteiger partial charge in [-0.3, -0.25) is 5.32 Å². The standard InChI is InChI=1S/C13H16ClN5O2/c1-8-5-11(17-12(20)21-13(2,3)4)19(18-8)10-6-9(14)15-7-16-10/h5-7H,1-4H3,(H,17,20). The molecule has 2 aromatic rings. The Labute approximate surface area is 127 Å². The number of rotatable bonds is 2. The molecule has 0 saturated carbocycles. The Morgan fingerprint density at radius 2 is 2.05 bits per heavy atom. The van der Waals surface area contributed by atoms with Crippen LogP contribution in [0, 0.1) is 6.92 Å². The molecule has 0 unspecified atom stereocenters. The van der Waals surface area contributed by atoms with E-state index >= 15 is 0 Å². The van der Waals surface area contributed by atoms with Gasteiger partial charge < -0.3 is 4.74 Å². The highest BCUT2D eigenvalue weighted by molar-refractivity contribution is 6.29. The van der Waals surface area contributed by atoms with Crippen molar-refractivity contribution >= 4 is 23.5 Å². The summed E-state index contributed by atoms with van der Waals surface area (Å²) in [5, 5.41) is 7.20.